The van der Waals surface area contributed by atoms with Crippen molar-refractivity contribution in [3.8, 4) is 22.9 Å². The van der Waals surface area contributed by atoms with Gasteiger partial charge in [-0.25, -0.2) is 18.9 Å². The molecule has 5 aromatic rings. The summed E-state index contributed by atoms with van der Waals surface area (Å²) in [5.41, 5.74) is 3.87. The van der Waals surface area contributed by atoms with Gasteiger partial charge in [0.1, 0.15) is 11.6 Å². The number of likely N-dealkylation sites (tertiary alicyclic amines) is 1. The molecule has 2 atom stereocenters. The second-order valence-electron chi connectivity index (χ2n) is 12.5. The highest BCUT2D eigenvalue weighted by atomic mass is 35.5. The zero-order valence-corrected chi connectivity index (χ0v) is 26.4. The smallest absolute Gasteiger partial charge is 0.343 e. The Morgan fingerprint density at radius 1 is 1.09 bits per heavy atom. The van der Waals surface area contributed by atoms with Gasteiger partial charge in [-0.3, -0.25) is 9.88 Å². The van der Waals surface area contributed by atoms with Crippen LogP contribution in [-0.2, 0) is 30.7 Å². The first-order valence-corrected chi connectivity index (χ1v) is 16.0. The summed E-state index contributed by atoms with van der Waals surface area (Å²) in [4.78, 5) is 22.3. The lowest BCUT2D eigenvalue weighted by Crippen LogP contribution is -2.35. The van der Waals surface area contributed by atoms with Crippen LogP contribution in [-0.4, -0.2) is 55.0 Å². The lowest BCUT2D eigenvalue weighted by molar-refractivity contribution is -0.0712. The number of H-pyrrole nitrogens is 1. The lowest BCUT2D eigenvalue weighted by atomic mass is 9.88. The summed E-state index contributed by atoms with van der Waals surface area (Å²) >= 11 is 5.99. The Morgan fingerprint density at radius 2 is 1.91 bits per heavy atom. The first kappa shape index (κ1) is 29.2. The number of piperidine rings is 1. The average molecular weight is 645 g/mol. The van der Waals surface area contributed by atoms with Gasteiger partial charge < -0.3 is 18.8 Å². The van der Waals surface area contributed by atoms with Crippen molar-refractivity contribution >= 4 is 22.6 Å². The number of imidazole rings is 1. The molecule has 5 heterocycles. The van der Waals surface area contributed by atoms with Crippen molar-refractivity contribution < 1.29 is 18.6 Å². The SMILES string of the molecule is Cn1nc(-c2ccc3c(c2)nc(CN2CCC(c4cccc5c4OC(C)(c4ccc(Cl)cc4F)O5)CC2)n3C[C@@H]2CCO2)[nH]c1=O. The summed E-state index contributed by atoms with van der Waals surface area (Å²) in [5, 5.41) is 4.64. The predicted molar refractivity (Wildman–Crippen MR) is 171 cm³/mol. The Kier molecular flexibility index (Phi) is 7.15. The maximum Gasteiger partial charge on any atom is 0.343 e. The summed E-state index contributed by atoms with van der Waals surface area (Å²) in [6, 6.07) is 16.5. The zero-order valence-electron chi connectivity index (χ0n) is 25.6. The van der Waals surface area contributed by atoms with Crippen LogP contribution in [0, 0.1) is 5.82 Å². The van der Waals surface area contributed by atoms with Crippen LogP contribution < -0.4 is 15.2 Å². The molecule has 0 saturated carbocycles. The van der Waals surface area contributed by atoms with Gasteiger partial charge in [-0.1, -0.05) is 23.7 Å². The highest BCUT2D eigenvalue weighted by Crippen LogP contribution is 2.50. The lowest BCUT2D eigenvalue weighted by Gasteiger charge is -2.33. The average Bonchev–Trinajstić information content (AvgIpc) is 3.66. The quantitative estimate of drug-likeness (QED) is 0.242. The summed E-state index contributed by atoms with van der Waals surface area (Å²) in [5.74, 6) is 1.36. The number of benzene rings is 3. The number of aromatic amines is 1. The third kappa shape index (κ3) is 5.16. The second kappa shape index (κ2) is 11.3. The molecule has 46 heavy (non-hydrogen) atoms. The molecule has 1 unspecified atom stereocenters. The van der Waals surface area contributed by atoms with E-state index in [1.165, 1.54) is 10.7 Å². The first-order chi connectivity index (χ1) is 22.2. The van der Waals surface area contributed by atoms with Gasteiger partial charge in [0.05, 0.1) is 35.8 Å². The summed E-state index contributed by atoms with van der Waals surface area (Å²) in [6.07, 6.45) is 3.10. The molecular weight excluding hydrogens is 611 g/mol. The van der Waals surface area contributed by atoms with Crippen LogP contribution in [0.1, 0.15) is 49.1 Å². The second-order valence-corrected chi connectivity index (χ2v) is 13.0. The minimum atomic E-state index is -1.28. The van der Waals surface area contributed by atoms with Crippen LogP contribution >= 0.6 is 11.6 Å². The number of rotatable bonds is 7. The number of fused-ring (bicyclic) bond motifs is 2. The number of hydrogen-bond donors (Lipinski definition) is 1. The third-order valence-electron chi connectivity index (χ3n) is 9.47. The number of ether oxygens (including phenoxy) is 3. The van der Waals surface area contributed by atoms with E-state index in [0.29, 0.717) is 34.5 Å². The van der Waals surface area contributed by atoms with E-state index in [-0.39, 0.29) is 17.7 Å². The fourth-order valence-corrected chi connectivity index (χ4v) is 7.01. The number of halogens is 2. The highest BCUT2D eigenvalue weighted by Gasteiger charge is 2.43. The number of aryl methyl sites for hydroxylation is 1. The van der Waals surface area contributed by atoms with E-state index in [4.69, 9.17) is 30.8 Å². The van der Waals surface area contributed by atoms with E-state index in [1.807, 2.05) is 24.3 Å². The number of nitrogens with one attached hydrogen (secondary N) is 1. The fourth-order valence-electron chi connectivity index (χ4n) is 6.86. The Labute approximate surface area is 269 Å². The van der Waals surface area contributed by atoms with E-state index < -0.39 is 11.6 Å². The number of aromatic nitrogens is 5. The van der Waals surface area contributed by atoms with Gasteiger partial charge in [0.25, 0.3) is 5.79 Å². The van der Waals surface area contributed by atoms with Gasteiger partial charge >= 0.3 is 5.69 Å². The molecule has 0 spiro atoms. The van der Waals surface area contributed by atoms with Gasteiger partial charge in [0.15, 0.2) is 17.3 Å². The molecule has 3 aliphatic heterocycles. The summed E-state index contributed by atoms with van der Waals surface area (Å²) in [6.45, 7) is 5.78. The Bertz CT molecular complexity index is 2010. The maximum absolute atomic E-state index is 14.9. The molecule has 2 aromatic heterocycles. The van der Waals surface area contributed by atoms with E-state index in [9.17, 15) is 9.18 Å². The van der Waals surface area contributed by atoms with Crippen molar-refractivity contribution in [2.24, 2.45) is 7.05 Å². The molecule has 0 aliphatic carbocycles. The molecule has 3 aliphatic rings. The van der Waals surface area contributed by atoms with Crippen molar-refractivity contribution in [3.63, 3.8) is 0 Å². The van der Waals surface area contributed by atoms with Gasteiger partial charge in [-0.05, 0) is 80.7 Å². The molecule has 0 bridgehead atoms. The van der Waals surface area contributed by atoms with Gasteiger partial charge in [0, 0.05) is 36.7 Å². The number of nitrogens with zero attached hydrogens (tertiary/aromatic N) is 5. The van der Waals surface area contributed by atoms with Crippen molar-refractivity contribution in [2.75, 3.05) is 19.7 Å². The molecule has 238 valence electrons. The minimum absolute atomic E-state index is 0.183. The van der Waals surface area contributed by atoms with Crippen molar-refractivity contribution in [3.05, 3.63) is 92.9 Å². The summed E-state index contributed by atoms with van der Waals surface area (Å²) < 4.78 is 36.8. The number of para-hydroxylation sites is 1. The van der Waals surface area contributed by atoms with Crippen molar-refractivity contribution in [2.45, 2.75) is 57.1 Å². The zero-order chi connectivity index (χ0) is 31.6. The first-order valence-electron chi connectivity index (χ1n) is 15.7. The standard InChI is InChI=1S/C34H34ClFN6O4/c1-34(25-8-7-22(35)17-26(25)36)45-29-5-3-4-24(31(29)46-34)20-10-13-41(14-11-20)19-30-37-27-16-21(32-38-33(43)40(2)39-32)6-9-28(27)42(30)18-23-12-15-44-23/h3-9,16-17,20,23H,10-15,18-19H2,1-2H3,(H,38,39,43)/t23-,34?/m0/s1. The largest absolute Gasteiger partial charge is 0.444 e. The molecule has 2 fully saturated rings. The normalized spacial score (nSPS) is 21.6. The Hall–Kier alpha value is -4.19. The molecule has 0 radical (unpaired) electrons. The van der Waals surface area contributed by atoms with Crippen LogP contribution in [0.3, 0.4) is 0 Å². The molecule has 0 amide bonds. The van der Waals surface area contributed by atoms with Gasteiger partial charge in [-0.2, -0.15) is 5.10 Å². The molecule has 2 saturated heterocycles. The third-order valence-corrected chi connectivity index (χ3v) is 9.71. The van der Waals surface area contributed by atoms with Crippen molar-refractivity contribution in [1.29, 1.82) is 0 Å². The van der Waals surface area contributed by atoms with E-state index in [0.717, 1.165) is 73.5 Å². The monoisotopic (exact) mass is 644 g/mol. The van der Waals surface area contributed by atoms with Gasteiger partial charge in [-0.15, -0.1) is 0 Å². The molecule has 3 aromatic carbocycles. The van der Waals surface area contributed by atoms with Crippen LogP contribution in [0.4, 0.5) is 4.39 Å². The molecular formula is C34H34ClFN6O4. The number of hydrogen-bond acceptors (Lipinski definition) is 7. The van der Waals surface area contributed by atoms with Gasteiger partial charge in [0.2, 0.25) is 0 Å². The van der Waals surface area contributed by atoms with Crippen LogP contribution in [0.2, 0.25) is 5.02 Å². The van der Waals surface area contributed by atoms with Crippen molar-refractivity contribution in [1.82, 2.24) is 29.2 Å². The fraction of sp³-hybridized carbons (Fsp3) is 0.382. The molecule has 10 nitrogen and oxygen atoms in total. The maximum atomic E-state index is 14.9. The van der Waals surface area contributed by atoms with E-state index >= 15 is 0 Å². The van der Waals surface area contributed by atoms with Crippen LogP contribution in [0.5, 0.6) is 11.5 Å². The Morgan fingerprint density at radius 3 is 2.63 bits per heavy atom. The van der Waals surface area contributed by atoms with E-state index in [1.54, 1.807) is 26.1 Å². The molecule has 8 rings (SSSR count). The summed E-state index contributed by atoms with van der Waals surface area (Å²) in [7, 11) is 1.63. The topological polar surface area (TPSA) is 99.4 Å². The molecule has 12 heteroatoms. The minimum Gasteiger partial charge on any atom is -0.444 e. The van der Waals surface area contributed by atoms with E-state index in [2.05, 4.69) is 31.7 Å². The Balaban J connectivity index is 1.00. The van der Waals surface area contributed by atoms with Crippen LogP contribution in [0.15, 0.2) is 59.4 Å². The van der Waals surface area contributed by atoms with Crippen LogP contribution in [0.25, 0.3) is 22.4 Å². The molecule has 1 N–H and O–H groups in total. The predicted octanol–water partition coefficient (Wildman–Crippen LogP) is 5.73. The highest BCUT2D eigenvalue weighted by molar-refractivity contribution is 6.30.